The summed E-state index contributed by atoms with van der Waals surface area (Å²) in [5, 5.41) is 21.9. The van der Waals surface area contributed by atoms with Gasteiger partial charge < -0.3 is 20.1 Å². The Labute approximate surface area is 248 Å². The summed E-state index contributed by atoms with van der Waals surface area (Å²) >= 11 is 6.24. The van der Waals surface area contributed by atoms with Crippen molar-refractivity contribution in [2.45, 2.75) is 26.3 Å². The van der Waals surface area contributed by atoms with Gasteiger partial charge in [0.15, 0.2) is 5.78 Å². The minimum atomic E-state index is -1.16. The third-order valence-corrected chi connectivity index (χ3v) is 6.66. The number of methoxy groups -OCH3 is 1. The number of anilines is 1. The van der Waals surface area contributed by atoms with Gasteiger partial charge in [0.05, 0.1) is 30.5 Å². The number of hydrogen-bond acceptors (Lipinski definition) is 6. The molecule has 214 valence electrons. The number of ether oxygens (including phenoxy) is 1. The summed E-state index contributed by atoms with van der Waals surface area (Å²) < 4.78 is 5.64. The van der Waals surface area contributed by atoms with Crippen molar-refractivity contribution >= 4 is 46.9 Å². The summed E-state index contributed by atoms with van der Waals surface area (Å²) in [5.41, 5.74) is 2.53. The number of amides is 2. The highest BCUT2D eigenvalue weighted by Gasteiger charge is 2.27. The number of hydrogen-bond donors (Lipinski definition) is 2. The Morgan fingerprint density at radius 3 is 2.36 bits per heavy atom. The maximum absolute atomic E-state index is 13.6. The second-order valence-electron chi connectivity index (χ2n) is 9.06. The van der Waals surface area contributed by atoms with Gasteiger partial charge in [-0.1, -0.05) is 35.9 Å². The van der Waals surface area contributed by atoms with Gasteiger partial charge in [-0.05, 0) is 73.5 Å². The number of aromatic carboxylic acids is 1. The number of carboxylic acids is 1. The normalized spacial score (nSPS) is 12.1. The van der Waals surface area contributed by atoms with E-state index in [2.05, 4.69) is 11.4 Å². The third kappa shape index (κ3) is 7.50. The summed E-state index contributed by atoms with van der Waals surface area (Å²) in [7, 11) is 1.39. The molecule has 42 heavy (non-hydrogen) atoms. The minimum absolute atomic E-state index is 0.0317. The first-order valence-electron chi connectivity index (χ1n) is 12.7. The van der Waals surface area contributed by atoms with Crippen molar-refractivity contribution in [2.24, 2.45) is 0 Å². The summed E-state index contributed by atoms with van der Waals surface area (Å²) in [6.45, 7) is 3.15. The van der Waals surface area contributed by atoms with Crippen LogP contribution in [-0.4, -0.2) is 47.2 Å². The van der Waals surface area contributed by atoms with Gasteiger partial charge in [-0.3, -0.25) is 14.4 Å². The first kappa shape index (κ1) is 31.3. The molecule has 0 fully saturated rings. The van der Waals surface area contributed by atoms with Crippen LogP contribution in [0.2, 0.25) is 5.02 Å². The lowest BCUT2D eigenvalue weighted by Crippen LogP contribution is -2.42. The molecule has 3 rings (SSSR count). The molecule has 3 aromatic carbocycles. The molecule has 0 aliphatic heterocycles. The molecule has 0 radical (unpaired) electrons. The van der Waals surface area contributed by atoms with E-state index in [0.717, 1.165) is 4.90 Å². The van der Waals surface area contributed by atoms with Gasteiger partial charge in [-0.15, -0.1) is 0 Å². The van der Waals surface area contributed by atoms with Gasteiger partial charge in [-0.2, -0.15) is 5.26 Å². The number of carbonyl (C=O) groups excluding carboxylic acids is 3. The molecule has 1 unspecified atom stereocenters. The van der Waals surface area contributed by atoms with Crippen LogP contribution in [0, 0.1) is 11.3 Å². The van der Waals surface area contributed by atoms with Crippen LogP contribution in [-0.2, 0) is 20.7 Å². The Bertz CT molecular complexity index is 1610. The lowest BCUT2D eigenvalue weighted by Gasteiger charge is -2.26. The van der Waals surface area contributed by atoms with Gasteiger partial charge in [0.1, 0.15) is 11.8 Å². The van der Waals surface area contributed by atoms with E-state index in [1.165, 1.54) is 44.5 Å². The average molecular weight is 586 g/mol. The van der Waals surface area contributed by atoms with Crippen molar-refractivity contribution in [1.82, 2.24) is 4.90 Å². The maximum atomic E-state index is 13.6. The molecule has 0 heterocycles. The van der Waals surface area contributed by atoms with Crippen LogP contribution in [0.25, 0.3) is 5.57 Å². The molecule has 0 saturated heterocycles. The number of allylic oxidation sites excluding steroid dienone is 2. The van der Waals surface area contributed by atoms with Crippen molar-refractivity contribution in [3.05, 3.63) is 118 Å². The van der Waals surface area contributed by atoms with Crippen LogP contribution >= 0.6 is 11.6 Å². The zero-order chi connectivity index (χ0) is 30.8. The fourth-order valence-electron chi connectivity index (χ4n) is 4.31. The fraction of sp³-hybridized carbons (Fsp3) is 0.156. The van der Waals surface area contributed by atoms with Crippen LogP contribution in [0.3, 0.4) is 0 Å². The first-order chi connectivity index (χ1) is 20.1. The molecule has 2 N–H and O–H groups in total. The van der Waals surface area contributed by atoms with E-state index in [-0.39, 0.29) is 23.5 Å². The number of nitrogens with zero attached hydrogens (tertiary/aromatic N) is 2. The molecule has 0 saturated carbocycles. The van der Waals surface area contributed by atoms with Crippen molar-refractivity contribution < 1.29 is 29.0 Å². The zero-order valence-corrected chi connectivity index (χ0v) is 23.9. The summed E-state index contributed by atoms with van der Waals surface area (Å²) in [6.07, 6.45) is 3.47. The zero-order valence-electron chi connectivity index (χ0n) is 23.1. The van der Waals surface area contributed by atoms with Crippen molar-refractivity contribution in [3.63, 3.8) is 0 Å². The number of nitrogens with one attached hydrogen (secondary N) is 1. The molecule has 0 aliphatic rings. The summed E-state index contributed by atoms with van der Waals surface area (Å²) in [4.78, 5) is 50.9. The molecule has 9 nitrogen and oxygen atoms in total. The van der Waals surface area contributed by atoms with E-state index < -0.39 is 17.9 Å². The van der Waals surface area contributed by atoms with Crippen molar-refractivity contribution in [1.29, 1.82) is 5.26 Å². The predicted octanol–water partition coefficient (Wildman–Crippen LogP) is 5.71. The number of carbonyl (C=O) groups is 4. The molecule has 3 aromatic rings. The van der Waals surface area contributed by atoms with Crippen LogP contribution in [0.15, 0.2) is 84.8 Å². The average Bonchev–Trinajstić information content (AvgIpc) is 2.98. The van der Waals surface area contributed by atoms with Gasteiger partial charge in [0, 0.05) is 28.3 Å². The second kappa shape index (κ2) is 14.4. The smallest absolute Gasteiger partial charge is 0.335 e. The van der Waals surface area contributed by atoms with E-state index in [4.69, 9.17) is 16.3 Å². The van der Waals surface area contributed by atoms with E-state index in [1.54, 1.807) is 55.5 Å². The Balaban J connectivity index is 2.09. The van der Waals surface area contributed by atoms with Gasteiger partial charge in [0.2, 0.25) is 12.3 Å². The lowest BCUT2D eigenvalue weighted by molar-refractivity contribution is -0.127. The number of benzene rings is 3. The topological polar surface area (TPSA) is 137 Å². The largest absolute Gasteiger partial charge is 0.495 e. The summed E-state index contributed by atoms with van der Waals surface area (Å²) in [5.74, 6) is -1.75. The van der Waals surface area contributed by atoms with E-state index in [0.29, 0.717) is 44.9 Å². The highest BCUT2D eigenvalue weighted by atomic mass is 35.5. The molecule has 0 bridgehead atoms. The molecule has 10 heteroatoms. The second-order valence-corrected chi connectivity index (χ2v) is 9.50. The summed E-state index contributed by atoms with van der Waals surface area (Å²) in [6, 6.07) is 18.0. The molecular formula is C32H28ClN3O6. The van der Waals surface area contributed by atoms with Gasteiger partial charge in [0.25, 0.3) is 0 Å². The number of rotatable bonds is 12. The van der Waals surface area contributed by atoms with E-state index in [9.17, 15) is 29.5 Å². The highest BCUT2D eigenvalue weighted by Crippen LogP contribution is 2.30. The van der Waals surface area contributed by atoms with Crippen LogP contribution in [0.4, 0.5) is 5.69 Å². The Morgan fingerprint density at radius 1 is 1.10 bits per heavy atom. The quantitative estimate of drug-likeness (QED) is 0.120. The minimum Gasteiger partial charge on any atom is -0.495 e. The number of nitriles is 1. The predicted molar refractivity (Wildman–Crippen MR) is 159 cm³/mol. The number of Topliss-reactive ketones (excluding diaryl/α,β-unsaturated/α-hetero) is 1. The number of carboxylic acid groups (broad SMARTS) is 1. The molecule has 1 atom stereocenters. The molecular weight excluding hydrogens is 558 g/mol. The third-order valence-electron chi connectivity index (χ3n) is 6.43. The Hall–Kier alpha value is -5.20. The maximum Gasteiger partial charge on any atom is 0.335 e. The monoisotopic (exact) mass is 585 g/mol. The lowest BCUT2D eigenvalue weighted by atomic mass is 9.95. The Morgan fingerprint density at radius 2 is 1.79 bits per heavy atom. The fourth-order valence-corrected chi connectivity index (χ4v) is 4.48. The first-order valence-corrected chi connectivity index (χ1v) is 13.1. The van der Waals surface area contributed by atoms with Gasteiger partial charge in [-0.25, -0.2) is 4.79 Å². The molecule has 2 amide bonds. The van der Waals surface area contributed by atoms with Gasteiger partial charge >= 0.3 is 5.97 Å². The van der Waals surface area contributed by atoms with Crippen LogP contribution in [0.1, 0.15) is 51.3 Å². The standard InChI is InChI=1S/C32H28ClN3O6/c1-4-26(28-16-24(33)11-14-27(28)20(2)38)30(42-3)18-36(19-37)29(15-22-7-5-6-8-23(22)17-34)31(39)35-25-12-9-21(10-13-25)32(40)41/h4-14,16,18-19,29H,15H2,1-3H3,(H,35,39)(H,40,41)/b26-4-,30-18+. The number of ketones is 1. The van der Waals surface area contributed by atoms with Crippen LogP contribution < -0.4 is 5.32 Å². The number of halogens is 1. The molecule has 0 aromatic heterocycles. The molecule has 0 aliphatic carbocycles. The van der Waals surface area contributed by atoms with Crippen molar-refractivity contribution in [3.8, 4) is 6.07 Å². The van der Waals surface area contributed by atoms with E-state index in [1.807, 2.05) is 0 Å². The van der Waals surface area contributed by atoms with Crippen molar-refractivity contribution in [2.75, 3.05) is 12.4 Å². The molecule has 0 spiro atoms. The van der Waals surface area contributed by atoms with Crippen LogP contribution in [0.5, 0.6) is 0 Å². The highest BCUT2D eigenvalue weighted by molar-refractivity contribution is 6.31. The Kier molecular flexibility index (Phi) is 10.8. The van der Waals surface area contributed by atoms with E-state index >= 15 is 0 Å². The SMILES string of the molecule is C/C=C(\C(=C/N(C=O)C(Cc1ccccc1C#N)C(=O)Nc1ccc(C(=O)O)cc1)OC)c1cc(Cl)ccc1C(C)=O.